The van der Waals surface area contributed by atoms with Gasteiger partial charge in [0, 0.05) is 44.4 Å². The summed E-state index contributed by atoms with van der Waals surface area (Å²) in [6, 6.07) is 0.364. The zero-order valence-corrected chi connectivity index (χ0v) is 23.2. The first-order chi connectivity index (χ1) is 19.4. The Kier molecular flexibility index (Phi) is 9.68. The van der Waals surface area contributed by atoms with Crippen LogP contribution in [0, 0.1) is 17.5 Å². The Morgan fingerprint density at radius 3 is 2.32 bits per heavy atom. The first-order valence-corrected chi connectivity index (χ1v) is 13.7. The predicted molar refractivity (Wildman–Crippen MR) is 136 cm³/mol. The second-order valence-corrected chi connectivity index (χ2v) is 11.1. The molecule has 0 amide bonds. The van der Waals surface area contributed by atoms with Crippen LogP contribution >= 0.6 is 11.8 Å². The van der Waals surface area contributed by atoms with Crippen molar-refractivity contribution in [1.82, 2.24) is 15.0 Å². The molecule has 1 aromatic carbocycles. The molecular weight excluding hydrogens is 571 g/mol. The number of hydrogen-bond acceptors (Lipinski definition) is 11. The second kappa shape index (κ2) is 13.0. The van der Waals surface area contributed by atoms with Gasteiger partial charge in [-0.3, -0.25) is 19.2 Å². The Labute approximate surface area is 237 Å². The number of ketones is 1. The van der Waals surface area contributed by atoms with E-state index in [1.165, 1.54) is 36.5 Å². The van der Waals surface area contributed by atoms with E-state index in [1.807, 2.05) is 0 Å². The molecule has 11 nitrogen and oxygen atoms in total. The van der Waals surface area contributed by atoms with Crippen molar-refractivity contribution >= 4 is 35.5 Å². The smallest absolute Gasteiger partial charge is 0.303 e. The summed E-state index contributed by atoms with van der Waals surface area (Å²) in [4.78, 5) is 48.2. The van der Waals surface area contributed by atoms with Crippen LogP contribution in [-0.2, 0) is 38.1 Å². The van der Waals surface area contributed by atoms with Crippen LogP contribution in [0.25, 0.3) is 11.3 Å². The van der Waals surface area contributed by atoms with Crippen molar-refractivity contribution in [2.24, 2.45) is 0 Å². The second-order valence-electron chi connectivity index (χ2n) is 9.71. The molecule has 2 aromatic rings. The van der Waals surface area contributed by atoms with Crippen LogP contribution in [0.2, 0.25) is 0 Å². The summed E-state index contributed by atoms with van der Waals surface area (Å²) in [5, 5.41) is 7.83. The maximum Gasteiger partial charge on any atom is 0.303 e. The molecule has 6 atom stereocenters. The van der Waals surface area contributed by atoms with Gasteiger partial charge in [0.15, 0.2) is 29.7 Å². The van der Waals surface area contributed by atoms with E-state index in [9.17, 15) is 32.3 Å². The van der Waals surface area contributed by atoms with Gasteiger partial charge in [-0.1, -0.05) is 5.21 Å². The predicted octanol–water partition coefficient (Wildman–Crippen LogP) is 3.30. The fourth-order valence-electron chi connectivity index (χ4n) is 4.84. The molecule has 15 heteroatoms. The first kappa shape index (κ1) is 30.5. The number of Topliss-reactive ketones (excluding diaryl/α,β-unsaturated/α-hetero) is 1. The molecule has 1 saturated heterocycles. The number of benzene rings is 1. The third-order valence-corrected chi connectivity index (χ3v) is 7.97. The summed E-state index contributed by atoms with van der Waals surface area (Å²) < 4.78 is 65.2. The molecule has 6 unspecified atom stereocenters. The van der Waals surface area contributed by atoms with Gasteiger partial charge in [-0.2, -0.15) is 0 Å². The van der Waals surface area contributed by atoms with Gasteiger partial charge in [-0.05, 0) is 25.0 Å². The van der Waals surface area contributed by atoms with Crippen molar-refractivity contribution < 1.29 is 51.3 Å². The number of halogens is 3. The first-order valence-electron chi connectivity index (χ1n) is 12.8. The van der Waals surface area contributed by atoms with E-state index in [-0.39, 0.29) is 35.3 Å². The minimum Gasteiger partial charge on any atom is -0.463 e. The summed E-state index contributed by atoms with van der Waals surface area (Å²) in [6.07, 6.45) is -0.0806. The number of aromatic nitrogens is 3. The molecule has 0 N–H and O–H groups in total. The maximum atomic E-state index is 13.9. The molecule has 222 valence electrons. The molecule has 41 heavy (non-hydrogen) atoms. The van der Waals surface area contributed by atoms with Crippen molar-refractivity contribution in [2.45, 2.75) is 81.5 Å². The number of carbonyl (C=O) groups excluding carboxylic acids is 4. The van der Waals surface area contributed by atoms with Crippen molar-refractivity contribution in [2.75, 3.05) is 6.61 Å². The number of nitrogens with zero attached hydrogens (tertiary/aromatic N) is 3. The van der Waals surface area contributed by atoms with Crippen molar-refractivity contribution in [3.63, 3.8) is 0 Å². The van der Waals surface area contributed by atoms with E-state index in [0.717, 1.165) is 19.1 Å². The average molecular weight is 600 g/mol. The SMILES string of the molecule is CC(=O)OCC1OC(SC2CCCC(=O)C2)C(OC(C)=O)C(n2cc(-c3cc(F)c(F)c(F)c3)nn2)C1OC(C)=O. The number of ether oxygens (including phenoxy) is 4. The monoisotopic (exact) mass is 599 g/mol. The van der Waals surface area contributed by atoms with Gasteiger partial charge in [-0.25, -0.2) is 17.9 Å². The molecular formula is C26H28F3N3O8S. The molecule has 1 aromatic heterocycles. The van der Waals surface area contributed by atoms with E-state index < -0.39 is 65.1 Å². The molecule has 0 spiro atoms. The Morgan fingerprint density at radius 1 is 1.05 bits per heavy atom. The van der Waals surface area contributed by atoms with Gasteiger partial charge in [0.2, 0.25) is 0 Å². The highest BCUT2D eigenvalue weighted by molar-refractivity contribution is 8.00. The van der Waals surface area contributed by atoms with Crippen LogP contribution in [0.15, 0.2) is 18.3 Å². The summed E-state index contributed by atoms with van der Waals surface area (Å²) in [5.74, 6) is -6.49. The topological polar surface area (TPSA) is 136 Å². The lowest BCUT2D eigenvalue weighted by molar-refractivity contribution is -0.212. The molecule has 0 radical (unpaired) electrons. The van der Waals surface area contributed by atoms with Crippen molar-refractivity contribution in [1.29, 1.82) is 0 Å². The normalized spacial score (nSPS) is 26.3. The van der Waals surface area contributed by atoms with Crippen LogP contribution in [-0.4, -0.2) is 74.3 Å². The molecule has 0 bridgehead atoms. The van der Waals surface area contributed by atoms with E-state index in [2.05, 4.69) is 10.3 Å². The van der Waals surface area contributed by atoms with Crippen LogP contribution in [0.1, 0.15) is 52.5 Å². The number of rotatable bonds is 8. The van der Waals surface area contributed by atoms with Crippen molar-refractivity contribution in [3.8, 4) is 11.3 Å². The number of esters is 3. The molecule has 1 aliphatic carbocycles. The minimum atomic E-state index is -1.65. The van der Waals surface area contributed by atoms with Crippen LogP contribution in [0.4, 0.5) is 13.2 Å². The van der Waals surface area contributed by atoms with Gasteiger partial charge in [0.1, 0.15) is 35.7 Å². The largest absolute Gasteiger partial charge is 0.463 e. The lowest BCUT2D eigenvalue weighted by Crippen LogP contribution is -2.58. The van der Waals surface area contributed by atoms with Crippen LogP contribution in [0.3, 0.4) is 0 Å². The number of carbonyl (C=O) groups is 4. The highest BCUT2D eigenvalue weighted by Crippen LogP contribution is 2.42. The van der Waals surface area contributed by atoms with E-state index in [0.29, 0.717) is 19.3 Å². The molecule has 2 fully saturated rings. The third-order valence-electron chi connectivity index (χ3n) is 6.53. The minimum absolute atomic E-state index is 0.0592. The zero-order valence-electron chi connectivity index (χ0n) is 22.4. The van der Waals surface area contributed by atoms with Gasteiger partial charge in [0.25, 0.3) is 0 Å². The van der Waals surface area contributed by atoms with Gasteiger partial charge >= 0.3 is 17.9 Å². The number of thioether (sulfide) groups is 1. The van der Waals surface area contributed by atoms with Gasteiger partial charge in [0.05, 0.1) is 6.20 Å². The Bertz CT molecular complexity index is 1300. The third kappa shape index (κ3) is 7.44. The summed E-state index contributed by atoms with van der Waals surface area (Å²) in [6.45, 7) is 3.16. The fourth-order valence-corrected chi connectivity index (χ4v) is 6.38. The zero-order chi connectivity index (χ0) is 29.8. The number of hydrogen-bond donors (Lipinski definition) is 0. The van der Waals surface area contributed by atoms with Crippen LogP contribution < -0.4 is 0 Å². The standard InChI is InChI=1S/C26H28F3N3O8S/c1-12(33)37-11-21-24(38-13(2)34)23(32-10-20(30-31-32)15-7-18(27)22(29)19(28)8-15)25(39-14(3)35)26(40-21)41-17-6-4-5-16(36)9-17/h7-8,10,17,21,23-26H,4-6,9,11H2,1-3H3. The van der Waals surface area contributed by atoms with E-state index >= 15 is 0 Å². The Balaban J connectivity index is 1.77. The summed E-state index contributed by atoms with van der Waals surface area (Å²) in [5.41, 5.74) is -1.12. The molecule has 4 rings (SSSR count). The van der Waals surface area contributed by atoms with Gasteiger partial charge in [-0.15, -0.1) is 16.9 Å². The molecule has 1 saturated carbocycles. The van der Waals surface area contributed by atoms with E-state index in [4.69, 9.17) is 18.9 Å². The summed E-state index contributed by atoms with van der Waals surface area (Å²) >= 11 is 1.26. The lowest BCUT2D eigenvalue weighted by Gasteiger charge is -2.45. The molecule has 2 aliphatic rings. The van der Waals surface area contributed by atoms with Gasteiger partial charge < -0.3 is 18.9 Å². The lowest BCUT2D eigenvalue weighted by atomic mass is 9.96. The van der Waals surface area contributed by atoms with Crippen LogP contribution in [0.5, 0.6) is 0 Å². The molecule has 1 aliphatic heterocycles. The average Bonchev–Trinajstić information content (AvgIpc) is 3.37. The van der Waals surface area contributed by atoms with E-state index in [1.54, 1.807) is 0 Å². The highest BCUT2D eigenvalue weighted by atomic mass is 32.2. The fraction of sp³-hybridized carbons (Fsp3) is 0.538. The maximum absolute atomic E-state index is 13.9. The summed E-state index contributed by atoms with van der Waals surface area (Å²) in [7, 11) is 0. The Morgan fingerprint density at radius 2 is 1.71 bits per heavy atom. The Hall–Kier alpha value is -3.46. The quantitative estimate of drug-likeness (QED) is 0.251. The highest BCUT2D eigenvalue weighted by Gasteiger charge is 2.52. The molecule has 2 heterocycles. The van der Waals surface area contributed by atoms with Crippen molar-refractivity contribution in [3.05, 3.63) is 35.8 Å².